The Morgan fingerprint density at radius 2 is 1.79 bits per heavy atom. The van der Waals surface area contributed by atoms with Gasteiger partial charge in [0.25, 0.3) is 5.91 Å². The third kappa shape index (κ3) is 3.70. The van der Waals surface area contributed by atoms with Gasteiger partial charge in [0.05, 0.1) is 0 Å². The number of anilines is 1. The van der Waals surface area contributed by atoms with E-state index in [2.05, 4.69) is 36.2 Å². The number of nitrogens with zero attached hydrogens (tertiary/aromatic N) is 2. The van der Waals surface area contributed by atoms with Crippen molar-refractivity contribution in [3.8, 4) is 0 Å². The molecule has 1 N–H and O–H groups in total. The van der Waals surface area contributed by atoms with Crippen molar-refractivity contribution in [1.29, 1.82) is 0 Å². The summed E-state index contributed by atoms with van der Waals surface area (Å²) in [4.78, 5) is 16.4. The third-order valence-corrected chi connectivity index (χ3v) is 5.16. The van der Waals surface area contributed by atoms with Gasteiger partial charge in [-0.1, -0.05) is 18.2 Å². The van der Waals surface area contributed by atoms with Crippen molar-refractivity contribution in [3.63, 3.8) is 0 Å². The lowest BCUT2D eigenvalue weighted by Gasteiger charge is -2.37. The average molecular weight is 347 g/mol. The van der Waals surface area contributed by atoms with Crippen molar-refractivity contribution in [2.75, 3.05) is 38.1 Å². The Kier molecular flexibility index (Phi) is 5.36. The first-order chi connectivity index (χ1) is 11.6. The standard InChI is InChI=1S/C18H25N3O2S/c1-13-5-3-6-14(2)16(13)19-18(24)21-10-8-20(9-11-21)17(22)15-7-4-12-23-15/h3,5-6,15H,4,7-12H2,1-2H3,(H,19,24)/t15-/m0/s1. The van der Waals surface area contributed by atoms with Crippen LogP contribution in [0, 0.1) is 13.8 Å². The smallest absolute Gasteiger partial charge is 0.251 e. The van der Waals surface area contributed by atoms with Crippen molar-refractivity contribution < 1.29 is 9.53 Å². The molecule has 1 amide bonds. The molecule has 0 bridgehead atoms. The molecule has 2 saturated heterocycles. The van der Waals surface area contributed by atoms with Crippen LogP contribution < -0.4 is 5.32 Å². The molecule has 24 heavy (non-hydrogen) atoms. The van der Waals surface area contributed by atoms with Crippen molar-refractivity contribution in [2.45, 2.75) is 32.8 Å². The van der Waals surface area contributed by atoms with Gasteiger partial charge in [-0.2, -0.15) is 0 Å². The lowest BCUT2D eigenvalue weighted by atomic mass is 10.1. The largest absolute Gasteiger partial charge is 0.368 e. The van der Waals surface area contributed by atoms with Gasteiger partial charge in [-0.25, -0.2) is 0 Å². The minimum absolute atomic E-state index is 0.140. The van der Waals surface area contributed by atoms with E-state index in [9.17, 15) is 4.79 Å². The zero-order valence-corrected chi connectivity index (χ0v) is 15.2. The predicted octanol–water partition coefficient (Wildman–Crippen LogP) is 2.32. The topological polar surface area (TPSA) is 44.8 Å². The molecule has 0 aromatic heterocycles. The molecule has 3 rings (SSSR count). The van der Waals surface area contributed by atoms with E-state index in [0.29, 0.717) is 19.7 Å². The maximum absolute atomic E-state index is 12.4. The summed E-state index contributed by atoms with van der Waals surface area (Å²) in [5.41, 5.74) is 3.45. The Hall–Kier alpha value is -1.66. The van der Waals surface area contributed by atoms with E-state index in [1.54, 1.807) is 0 Å². The summed E-state index contributed by atoms with van der Waals surface area (Å²) in [6.45, 7) is 7.79. The van der Waals surface area contributed by atoms with Crippen molar-refractivity contribution >= 4 is 28.9 Å². The highest BCUT2D eigenvalue weighted by atomic mass is 32.1. The predicted molar refractivity (Wildman–Crippen MR) is 99.3 cm³/mol. The van der Waals surface area contributed by atoms with Gasteiger partial charge in [-0.3, -0.25) is 4.79 Å². The quantitative estimate of drug-likeness (QED) is 0.832. The number of aryl methyl sites for hydroxylation is 2. The maximum Gasteiger partial charge on any atom is 0.251 e. The first kappa shape index (κ1) is 17.2. The van der Waals surface area contributed by atoms with Crippen molar-refractivity contribution in [1.82, 2.24) is 9.80 Å². The van der Waals surface area contributed by atoms with Gasteiger partial charge in [0.2, 0.25) is 0 Å². The fourth-order valence-electron chi connectivity index (χ4n) is 3.30. The molecule has 0 unspecified atom stereocenters. The van der Waals surface area contributed by atoms with Crippen LogP contribution in [0.15, 0.2) is 18.2 Å². The highest BCUT2D eigenvalue weighted by molar-refractivity contribution is 7.80. The number of nitrogens with one attached hydrogen (secondary N) is 1. The average Bonchev–Trinajstić information content (AvgIpc) is 3.12. The number of para-hydroxylation sites is 1. The number of hydrogen-bond donors (Lipinski definition) is 1. The molecule has 6 heteroatoms. The van der Waals surface area contributed by atoms with Crippen LogP contribution in [0.3, 0.4) is 0 Å². The summed E-state index contributed by atoms with van der Waals surface area (Å²) in [7, 11) is 0. The minimum Gasteiger partial charge on any atom is -0.368 e. The molecule has 1 atom stereocenters. The Balaban J connectivity index is 1.54. The molecule has 0 spiro atoms. The molecule has 2 heterocycles. The lowest BCUT2D eigenvalue weighted by molar-refractivity contribution is -0.142. The van der Waals surface area contributed by atoms with Crippen LogP contribution in [-0.4, -0.2) is 59.7 Å². The van der Waals surface area contributed by atoms with Crippen molar-refractivity contribution in [2.24, 2.45) is 0 Å². The second-order valence-corrected chi connectivity index (χ2v) is 6.90. The monoisotopic (exact) mass is 347 g/mol. The summed E-state index contributed by atoms with van der Waals surface area (Å²) in [5, 5.41) is 4.11. The van der Waals surface area contributed by atoms with Crippen LogP contribution >= 0.6 is 12.2 Å². The molecule has 1 aromatic carbocycles. The van der Waals surface area contributed by atoms with Gasteiger partial charge < -0.3 is 19.9 Å². The zero-order chi connectivity index (χ0) is 17.1. The Morgan fingerprint density at radius 1 is 1.17 bits per heavy atom. The number of amides is 1. The highest BCUT2D eigenvalue weighted by Crippen LogP contribution is 2.21. The zero-order valence-electron chi connectivity index (χ0n) is 14.4. The van der Waals surface area contributed by atoms with Crippen LogP contribution in [0.1, 0.15) is 24.0 Å². The van der Waals surface area contributed by atoms with E-state index in [1.807, 2.05) is 11.0 Å². The normalized spacial score (nSPS) is 21.0. The summed E-state index contributed by atoms with van der Waals surface area (Å²) in [5.74, 6) is 0.140. The first-order valence-electron chi connectivity index (χ1n) is 8.59. The number of rotatable bonds is 2. The minimum atomic E-state index is -0.226. The van der Waals surface area contributed by atoms with E-state index in [1.165, 1.54) is 11.1 Å². The molecule has 0 aliphatic carbocycles. The van der Waals surface area contributed by atoms with Gasteiger partial charge in [0.15, 0.2) is 5.11 Å². The lowest BCUT2D eigenvalue weighted by Crippen LogP contribution is -2.53. The van der Waals surface area contributed by atoms with Gasteiger partial charge >= 0.3 is 0 Å². The molecule has 130 valence electrons. The fourth-order valence-corrected chi connectivity index (χ4v) is 3.59. The number of ether oxygens (including phenoxy) is 1. The van der Waals surface area contributed by atoms with Gasteiger partial charge in [-0.05, 0) is 50.0 Å². The van der Waals surface area contributed by atoms with E-state index in [0.717, 1.165) is 36.7 Å². The Morgan fingerprint density at radius 3 is 2.38 bits per heavy atom. The van der Waals surface area contributed by atoms with Crippen LogP contribution in [0.2, 0.25) is 0 Å². The Bertz CT molecular complexity index is 600. The second kappa shape index (κ2) is 7.49. The SMILES string of the molecule is Cc1cccc(C)c1NC(=S)N1CCN(C(=O)[C@@H]2CCCO2)CC1. The molecule has 2 aliphatic rings. The fraction of sp³-hybridized carbons (Fsp3) is 0.556. The number of piperazine rings is 1. The summed E-state index contributed by atoms with van der Waals surface area (Å²) in [6, 6.07) is 6.21. The molecule has 1 aromatic rings. The van der Waals surface area contributed by atoms with Crippen LogP contribution in [0.5, 0.6) is 0 Å². The second-order valence-electron chi connectivity index (χ2n) is 6.51. The number of carbonyl (C=O) groups is 1. The van der Waals surface area contributed by atoms with Gasteiger partial charge in [0, 0.05) is 38.5 Å². The molecule has 0 radical (unpaired) electrons. The maximum atomic E-state index is 12.4. The summed E-state index contributed by atoms with van der Waals surface area (Å²) in [6.07, 6.45) is 1.61. The van der Waals surface area contributed by atoms with E-state index < -0.39 is 0 Å². The Labute approximate surface area is 149 Å². The van der Waals surface area contributed by atoms with E-state index in [4.69, 9.17) is 17.0 Å². The molecular formula is C18H25N3O2S. The molecule has 5 nitrogen and oxygen atoms in total. The molecule has 2 aliphatic heterocycles. The highest BCUT2D eigenvalue weighted by Gasteiger charge is 2.30. The number of hydrogen-bond acceptors (Lipinski definition) is 3. The van der Waals surface area contributed by atoms with Gasteiger partial charge in [-0.15, -0.1) is 0 Å². The molecular weight excluding hydrogens is 322 g/mol. The molecule has 0 saturated carbocycles. The van der Waals surface area contributed by atoms with Gasteiger partial charge in [0.1, 0.15) is 6.10 Å². The van der Waals surface area contributed by atoms with E-state index >= 15 is 0 Å². The van der Waals surface area contributed by atoms with Crippen LogP contribution in [0.25, 0.3) is 0 Å². The number of thiocarbonyl (C=S) groups is 1. The van der Waals surface area contributed by atoms with Crippen LogP contribution in [-0.2, 0) is 9.53 Å². The van der Waals surface area contributed by atoms with Crippen molar-refractivity contribution in [3.05, 3.63) is 29.3 Å². The first-order valence-corrected chi connectivity index (χ1v) is 8.99. The summed E-state index contributed by atoms with van der Waals surface area (Å²) >= 11 is 5.57. The molecule has 2 fully saturated rings. The summed E-state index contributed by atoms with van der Waals surface area (Å²) < 4.78 is 5.50. The number of benzene rings is 1. The van der Waals surface area contributed by atoms with Crippen LogP contribution in [0.4, 0.5) is 5.69 Å². The number of carbonyl (C=O) groups excluding carboxylic acids is 1. The van der Waals surface area contributed by atoms with E-state index in [-0.39, 0.29) is 12.0 Å². The third-order valence-electron chi connectivity index (χ3n) is 4.80.